The molecule has 1 aliphatic heterocycles. The average molecular weight is 530 g/mol. The molecule has 4 rings (SSSR count). The Morgan fingerprint density at radius 3 is 2.36 bits per heavy atom. The molecule has 0 spiro atoms. The zero-order valence-electron chi connectivity index (χ0n) is 21.0. The summed E-state index contributed by atoms with van der Waals surface area (Å²) >= 11 is 1.32. The Morgan fingerprint density at radius 2 is 1.72 bits per heavy atom. The summed E-state index contributed by atoms with van der Waals surface area (Å²) in [5, 5.41) is 0. The Bertz CT molecular complexity index is 1460. The van der Waals surface area contributed by atoms with Crippen LogP contribution in [0.15, 0.2) is 46.3 Å². The first-order valence-corrected chi connectivity index (χ1v) is 14.3. The SMILES string of the molecule is CCOC(=O)Cn1c(=NC(=O)c2ccc(S(=O)(=O)N3CCC(C)CC3)cc2)sc2cc(C)c(C)cc21. The number of amides is 1. The van der Waals surface area contributed by atoms with Gasteiger partial charge in [0.15, 0.2) is 4.80 Å². The minimum atomic E-state index is -3.60. The molecule has 10 heteroatoms. The maximum atomic E-state index is 13.0. The molecule has 1 fully saturated rings. The summed E-state index contributed by atoms with van der Waals surface area (Å²) in [6.45, 7) is 9.07. The number of aromatic nitrogens is 1. The molecule has 36 heavy (non-hydrogen) atoms. The maximum absolute atomic E-state index is 13.0. The number of aryl methyl sites for hydroxylation is 2. The lowest BCUT2D eigenvalue weighted by molar-refractivity contribution is -0.143. The van der Waals surface area contributed by atoms with E-state index in [4.69, 9.17) is 4.74 Å². The van der Waals surface area contributed by atoms with Crippen LogP contribution in [-0.4, -0.2) is 48.9 Å². The van der Waals surface area contributed by atoms with Gasteiger partial charge in [-0.25, -0.2) is 8.42 Å². The van der Waals surface area contributed by atoms with Crippen LogP contribution in [0.25, 0.3) is 10.2 Å². The number of carbonyl (C=O) groups excluding carboxylic acids is 2. The van der Waals surface area contributed by atoms with Crippen molar-refractivity contribution >= 4 is 43.5 Å². The predicted octanol–water partition coefficient (Wildman–Crippen LogP) is 4.04. The van der Waals surface area contributed by atoms with Gasteiger partial charge in [-0.05, 0) is 87.1 Å². The first kappa shape index (κ1) is 26.2. The van der Waals surface area contributed by atoms with E-state index >= 15 is 0 Å². The molecule has 0 bridgehead atoms. The molecule has 0 unspecified atom stereocenters. The van der Waals surface area contributed by atoms with Gasteiger partial charge in [0.05, 0.1) is 21.7 Å². The molecular weight excluding hydrogens is 498 g/mol. The van der Waals surface area contributed by atoms with Crippen molar-refractivity contribution < 1.29 is 22.7 Å². The van der Waals surface area contributed by atoms with Crippen LogP contribution in [0.3, 0.4) is 0 Å². The number of benzene rings is 2. The van der Waals surface area contributed by atoms with Crippen molar-refractivity contribution in [2.24, 2.45) is 10.9 Å². The van der Waals surface area contributed by atoms with E-state index < -0.39 is 21.9 Å². The highest BCUT2D eigenvalue weighted by molar-refractivity contribution is 7.89. The highest BCUT2D eigenvalue weighted by Gasteiger charge is 2.28. The van der Waals surface area contributed by atoms with E-state index in [1.807, 2.05) is 26.0 Å². The summed E-state index contributed by atoms with van der Waals surface area (Å²) in [5.41, 5.74) is 3.24. The second kappa shape index (κ2) is 10.7. The van der Waals surface area contributed by atoms with Gasteiger partial charge in [-0.3, -0.25) is 9.59 Å². The standard InChI is InChI=1S/C26H31N3O5S2/c1-5-34-24(30)16-29-22-14-18(3)19(4)15-23(22)35-26(29)27-25(31)20-6-8-21(9-7-20)36(32,33)28-12-10-17(2)11-13-28/h6-9,14-15,17H,5,10-13,16H2,1-4H3. The number of piperidine rings is 1. The molecule has 0 radical (unpaired) electrons. The fraction of sp³-hybridized carbons (Fsp3) is 0.423. The Hall–Kier alpha value is -2.82. The van der Waals surface area contributed by atoms with Crippen LogP contribution in [0.1, 0.15) is 48.2 Å². The lowest BCUT2D eigenvalue weighted by atomic mass is 10.0. The van der Waals surface area contributed by atoms with Crippen LogP contribution in [0.4, 0.5) is 0 Å². The molecule has 8 nitrogen and oxygen atoms in total. The van der Waals surface area contributed by atoms with E-state index in [1.54, 1.807) is 11.5 Å². The third-order valence-electron chi connectivity index (χ3n) is 6.57. The molecule has 0 saturated carbocycles. The quantitative estimate of drug-likeness (QED) is 0.449. The summed E-state index contributed by atoms with van der Waals surface area (Å²) in [7, 11) is -3.60. The highest BCUT2D eigenvalue weighted by atomic mass is 32.2. The number of rotatable bonds is 6. The normalized spacial score (nSPS) is 15.9. The first-order chi connectivity index (χ1) is 17.1. The van der Waals surface area contributed by atoms with Crippen molar-refractivity contribution in [1.29, 1.82) is 0 Å². The first-order valence-electron chi connectivity index (χ1n) is 12.1. The number of carbonyl (C=O) groups is 2. The molecule has 0 N–H and O–H groups in total. The Labute approximate surface area is 215 Å². The smallest absolute Gasteiger partial charge is 0.326 e. The third-order valence-corrected chi connectivity index (χ3v) is 9.52. The molecular formula is C26H31N3O5S2. The fourth-order valence-corrected chi connectivity index (χ4v) is 6.77. The van der Waals surface area contributed by atoms with Crippen LogP contribution in [0.5, 0.6) is 0 Å². The highest BCUT2D eigenvalue weighted by Crippen LogP contribution is 2.24. The van der Waals surface area contributed by atoms with Gasteiger partial charge >= 0.3 is 5.97 Å². The molecule has 192 valence electrons. The second-order valence-corrected chi connectivity index (χ2v) is 12.2. The van der Waals surface area contributed by atoms with Crippen LogP contribution in [0, 0.1) is 19.8 Å². The summed E-state index contributed by atoms with van der Waals surface area (Å²) < 4.78 is 35.2. The van der Waals surface area contributed by atoms with Gasteiger partial charge in [-0.2, -0.15) is 9.30 Å². The van der Waals surface area contributed by atoms with Gasteiger partial charge in [0.25, 0.3) is 5.91 Å². The van der Waals surface area contributed by atoms with Gasteiger partial charge in [-0.15, -0.1) is 0 Å². The average Bonchev–Trinajstić information content (AvgIpc) is 3.15. The van der Waals surface area contributed by atoms with Gasteiger partial charge < -0.3 is 9.30 Å². The number of thiazole rings is 1. The Kier molecular flexibility index (Phi) is 7.77. The Morgan fingerprint density at radius 1 is 1.08 bits per heavy atom. The lowest BCUT2D eigenvalue weighted by Gasteiger charge is -2.29. The van der Waals surface area contributed by atoms with Gasteiger partial charge in [0, 0.05) is 18.7 Å². The maximum Gasteiger partial charge on any atom is 0.326 e. The van der Waals surface area contributed by atoms with E-state index in [-0.39, 0.29) is 23.6 Å². The van der Waals surface area contributed by atoms with Crippen molar-refractivity contribution in [3.8, 4) is 0 Å². The zero-order chi connectivity index (χ0) is 26.0. The minimum absolute atomic E-state index is 0.0614. The van der Waals surface area contributed by atoms with Gasteiger partial charge in [0.1, 0.15) is 6.54 Å². The molecule has 2 heterocycles. The molecule has 1 aromatic heterocycles. The van der Waals surface area contributed by atoms with Gasteiger partial charge in [-0.1, -0.05) is 18.3 Å². The van der Waals surface area contributed by atoms with Crippen molar-refractivity contribution in [3.05, 3.63) is 57.9 Å². The van der Waals surface area contributed by atoms with E-state index in [0.717, 1.165) is 34.2 Å². The number of nitrogens with zero attached hydrogens (tertiary/aromatic N) is 3. The number of hydrogen-bond acceptors (Lipinski definition) is 6. The fourth-order valence-electron chi connectivity index (χ4n) is 4.19. The minimum Gasteiger partial charge on any atom is -0.465 e. The van der Waals surface area contributed by atoms with Crippen molar-refractivity contribution in [3.63, 3.8) is 0 Å². The molecule has 2 aromatic carbocycles. The number of ether oxygens (including phenoxy) is 1. The number of sulfonamides is 1. The summed E-state index contributed by atoms with van der Waals surface area (Å²) in [6.07, 6.45) is 1.68. The largest absolute Gasteiger partial charge is 0.465 e. The van der Waals surface area contributed by atoms with Crippen LogP contribution >= 0.6 is 11.3 Å². The number of fused-ring (bicyclic) bond motifs is 1. The summed E-state index contributed by atoms with van der Waals surface area (Å²) in [5.74, 6) is -0.402. The van der Waals surface area contributed by atoms with E-state index in [1.165, 1.54) is 39.9 Å². The second-order valence-electron chi connectivity index (χ2n) is 9.21. The van der Waals surface area contributed by atoms with Crippen LogP contribution in [0.2, 0.25) is 0 Å². The van der Waals surface area contributed by atoms with Crippen LogP contribution < -0.4 is 4.80 Å². The molecule has 1 saturated heterocycles. The Balaban J connectivity index is 1.66. The van der Waals surface area contributed by atoms with Crippen molar-refractivity contribution in [1.82, 2.24) is 8.87 Å². The summed E-state index contributed by atoms with van der Waals surface area (Å²) in [6, 6.07) is 9.89. The number of esters is 1. The topological polar surface area (TPSA) is 98.0 Å². The molecule has 0 aliphatic carbocycles. The lowest BCUT2D eigenvalue weighted by Crippen LogP contribution is -2.37. The van der Waals surface area contributed by atoms with E-state index in [0.29, 0.717) is 23.8 Å². The third kappa shape index (κ3) is 5.45. The van der Waals surface area contributed by atoms with Crippen molar-refractivity contribution in [2.75, 3.05) is 19.7 Å². The molecule has 1 aliphatic rings. The molecule has 1 amide bonds. The number of hydrogen-bond donors (Lipinski definition) is 0. The molecule has 3 aromatic rings. The predicted molar refractivity (Wildman–Crippen MR) is 139 cm³/mol. The van der Waals surface area contributed by atoms with Crippen molar-refractivity contribution in [2.45, 2.75) is 52.0 Å². The monoisotopic (exact) mass is 529 g/mol. The van der Waals surface area contributed by atoms with E-state index in [2.05, 4.69) is 11.9 Å². The molecule has 0 atom stereocenters. The van der Waals surface area contributed by atoms with Gasteiger partial charge in [0.2, 0.25) is 10.0 Å². The van der Waals surface area contributed by atoms with Crippen LogP contribution in [-0.2, 0) is 26.1 Å². The van der Waals surface area contributed by atoms with E-state index in [9.17, 15) is 18.0 Å². The summed E-state index contributed by atoms with van der Waals surface area (Å²) in [4.78, 5) is 30.2. The zero-order valence-corrected chi connectivity index (χ0v) is 22.6.